The van der Waals surface area contributed by atoms with E-state index in [4.69, 9.17) is 18.0 Å². The van der Waals surface area contributed by atoms with Crippen molar-refractivity contribution in [1.29, 1.82) is 0 Å². The Morgan fingerprint density at radius 2 is 1.78 bits per heavy atom. The van der Waals surface area contributed by atoms with E-state index < -0.39 is 9.85 Å². The monoisotopic (exact) mass is 350 g/mol. The molecule has 0 aliphatic rings. The number of nitro groups is 2. The summed E-state index contributed by atoms with van der Waals surface area (Å²) in [6, 6.07) is 6.99. The van der Waals surface area contributed by atoms with Crippen molar-refractivity contribution in [2.75, 3.05) is 0 Å². The first-order chi connectivity index (χ1) is 10.9. The van der Waals surface area contributed by atoms with E-state index >= 15 is 0 Å². The summed E-state index contributed by atoms with van der Waals surface area (Å²) in [5, 5.41) is 21.7. The predicted octanol–water partition coefficient (Wildman–Crippen LogP) is 2.82. The first kappa shape index (κ1) is 16.8. The lowest BCUT2D eigenvalue weighted by molar-refractivity contribution is -0.394. The number of thiocarbonyl (C=S) groups is 1. The van der Waals surface area contributed by atoms with Gasteiger partial charge in [-0.05, 0) is 17.7 Å². The lowest BCUT2D eigenvalue weighted by atomic mass is 10.2. The van der Waals surface area contributed by atoms with Gasteiger partial charge in [-0.3, -0.25) is 25.2 Å². The number of pyridine rings is 1. The van der Waals surface area contributed by atoms with Crippen LogP contribution in [0, 0.1) is 20.2 Å². The molecule has 1 heterocycles. The van der Waals surface area contributed by atoms with Crippen LogP contribution in [0.2, 0.25) is 0 Å². The Morgan fingerprint density at radius 1 is 1.17 bits per heavy atom. The van der Waals surface area contributed by atoms with Crippen LogP contribution < -0.4 is 5.73 Å². The molecule has 0 unspecified atom stereocenters. The molecular formula is C13H10N4O4S2. The molecule has 0 fully saturated rings. The summed E-state index contributed by atoms with van der Waals surface area (Å²) in [6.07, 6.45) is 1.55. The van der Waals surface area contributed by atoms with Crippen molar-refractivity contribution in [3.63, 3.8) is 0 Å². The average Bonchev–Trinajstić information content (AvgIpc) is 2.52. The minimum Gasteiger partial charge on any atom is -0.388 e. The van der Waals surface area contributed by atoms with Crippen LogP contribution in [0.15, 0.2) is 41.4 Å². The maximum atomic E-state index is 10.9. The Morgan fingerprint density at radius 3 is 2.30 bits per heavy atom. The largest absolute Gasteiger partial charge is 0.388 e. The normalized spacial score (nSPS) is 10.3. The lowest BCUT2D eigenvalue weighted by Crippen LogP contribution is -2.11. The molecule has 118 valence electrons. The molecule has 0 amide bonds. The third-order valence-corrected chi connectivity index (χ3v) is 4.05. The molecule has 0 aliphatic carbocycles. The van der Waals surface area contributed by atoms with Crippen molar-refractivity contribution in [3.8, 4) is 0 Å². The van der Waals surface area contributed by atoms with Crippen LogP contribution in [-0.2, 0) is 5.75 Å². The van der Waals surface area contributed by atoms with Crippen molar-refractivity contribution < 1.29 is 9.85 Å². The van der Waals surface area contributed by atoms with Gasteiger partial charge in [-0.15, -0.1) is 11.8 Å². The van der Waals surface area contributed by atoms with Crippen LogP contribution in [0.4, 0.5) is 11.4 Å². The summed E-state index contributed by atoms with van der Waals surface area (Å²) in [4.78, 5) is 25.4. The number of nitro benzene ring substituents is 2. The minimum absolute atomic E-state index is 0.165. The van der Waals surface area contributed by atoms with Gasteiger partial charge in [0.15, 0.2) is 0 Å². The van der Waals surface area contributed by atoms with E-state index in [1.807, 2.05) is 0 Å². The molecule has 8 nitrogen and oxygen atoms in total. The number of aromatic nitrogens is 1. The molecule has 1 aromatic carbocycles. The lowest BCUT2D eigenvalue weighted by Gasteiger charge is -2.04. The topological polar surface area (TPSA) is 125 Å². The third kappa shape index (κ3) is 4.44. The number of thioether (sulfide) groups is 1. The highest BCUT2D eigenvalue weighted by molar-refractivity contribution is 7.98. The van der Waals surface area contributed by atoms with Gasteiger partial charge in [-0.1, -0.05) is 12.2 Å². The van der Waals surface area contributed by atoms with Crippen molar-refractivity contribution in [2.24, 2.45) is 5.73 Å². The van der Waals surface area contributed by atoms with Crippen LogP contribution in [-0.4, -0.2) is 19.8 Å². The standard InChI is InChI=1S/C13H10N4O4S2/c14-13(22)12-6-11(1-2-15-12)23-7-8-3-9(16(18)19)5-10(4-8)17(20)21/h1-6H,7H2,(H2,14,22). The molecule has 0 saturated carbocycles. The molecule has 0 atom stereocenters. The highest BCUT2D eigenvalue weighted by atomic mass is 32.2. The molecule has 0 spiro atoms. The number of hydrogen-bond acceptors (Lipinski definition) is 7. The first-order valence-corrected chi connectivity index (χ1v) is 7.57. The van der Waals surface area contributed by atoms with E-state index in [0.717, 1.165) is 11.0 Å². The maximum Gasteiger partial charge on any atom is 0.276 e. The molecule has 0 saturated heterocycles. The molecule has 0 bridgehead atoms. The predicted molar refractivity (Wildman–Crippen MR) is 89.4 cm³/mol. The molecule has 2 rings (SSSR count). The fraction of sp³-hybridized carbons (Fsp3) is 0.0769. The van der Waals surface area contributed by atoms with E-state index in [1.165, 1.54) is 23.9 Å². The smallest absolute Gasteiger partial charge is 0.276 e. The Bertz CT molecular complexity index is 765. The summed E-state index contributed by atoms with van der Waals surface area (Å²) in [6.45, 7) is 0. The van der Waals surface area contributed by atoms with Crippen molar-refractivity contribution in [3.05, 3.63) is 68.0 Å². The number of nitrogens with two attached hydrogens (primary N) is 1. The second-order valence-electron chi connectivity index (χ2n) is 4.40. The molecule has 0 aliphatic heterocycles. The quantitative estimate of drug-likeness (QED) is 0.365. The van der Waals surface area contributed by atoms with E-state index in [0.29, 0.717) is 17.0 Å². The van der Waals surface area contributed by atoms with E-state index in [2.05, 4.69) is 4.98 Å². The molecule has 2 aromatic rings. The van der Waals surface area contributed by atoms with Gasteiger partial charge in [0.05, 0.1) is 21.6 Å². The van der Waals surface area contributed by atoms with Crippen LogP contribution in [0.5, 0.6) is 0 Å². The summed E-state index contributed by atoms with van der Waals surface area (Å²) in [5.41, 5.74) is 5.83. The summed E-state index contributed by atoms with van der Waals surface area (Å²) >= 11 is 6.19. The number of rotatable bonds is 6. The summed E-state index contributed by atoms with van der Waals surface area (Å²) < 4.78 is 0. The van der Waals surface area contributed by atoms with Crippen LogP contribution in [0.3, 0.4) is 0 Å². The fourth-order valence-electron chi connectivity index (χ4n) is 1.75. The van der Waals surface area contributed by atoms with E-state index in [-0.39, 0.29) is 16.4 Å². The molecule has 1 aromatic heterocycles. The van der Waals surface area contributed by atoms with Crippen molar-refractivity contribution >= 4 is 40.3 Å². The molecular weight excluding hydrogens is 340 g/mol. The molecule has 23 heavy (non-hydrogen) atoms. The van der Waals surface area contributed by atoms with Gasteiger partial charge in [-0.25, -0.2) is 0 Å². The van der Waals surface area contributed by atoms with Gasteiger partial charge in [0.2, 0.25) is 0 Å². The zero-order valence-corrected chi connectivity index (χ0v) is 13.2. The number of non-ortho nitro benzene ring substituents is 2. The Balaban J connectivity index is 2.23. The van der Waals surface area contributed by atoms with Gasteiger partial charge in [0, 0.05) is 29.0 Å². The SMILES string of the molecule is NC(=S)c1cc(SCc2cc([N+](=O)[O-])cc([N+](=O)[O-])c2)ccn1. The number of nitrogens with zero attached hydrogens (tertiary/aromatic N) is 3. The second kappa shape index (κ2) is 7.11. The fourth-order valence-corrected chi connectivity index (χ4v) is 2.72. The van der Waals surface area contributed by atoms with Gasteiger partial charge in [-0.2, -0.15) is 0 Å². The van der Waals surface area contributed by atoms with Gasteiger partial charge in [0.25, 0.3) is 11.4 Å². The van der Waals surface area contributed by atoms with E-state index in [1.54, 1.807) is 18.3 Å². The molecule has 10 heteroatoms. The Kier molecular flexibility index (Phi) is 5.19. The third-order valence-electron chi connectivity index (χ3n) is 2.77. The minimum atomic E-state index is -0.654. The zero-order chi connectivity index (χ0) is 17.0. The van der Waals surface area contributed by atoms with Crippen molar-refractivity contribution in [1.82, 2.24) is 4.98 Å². The highest BCUT2D eigenvalue weighted by Crippen LogP contribution is 2.28. The van der Waals surface area contributed by atoms with Gasteiger partial charge < -0.3 is 5.73 Å². The van der Waals surface area contributed by atoms with Crippen LogP contribution >= 0.6 is 24.0 Å². The average molecular weight is 350 g/mol. The first-order valence-electron chi connectivity index (χ1n) is 6.18. The van der Waals surface area contributed by atoms with Gasteiger partial charge in [0.1, 0.15) is 4.99 Å². The molecule has 2 N–H and O–H groups in total. The van der Waals surface area contributed by atoms with Crippen LogP contribution in [0.1, 0.15) is 11.3 Å². The highest BCUT2D eigenvalue weighted by Gasteiger charge is 2.16. The summed E-state index contributed by atoms with van der Waals surface area (Å²) in [7, 11) is 0. The Hall–Kier alpha value is -2.59. The van der Waals surface area contributed by atoms with E-state index in [9.17, 15) is 20.2 Å². The second-order valence-corrected chi connectivity index (χ2v) is 5.89. The number of benzene rings is 1. The maximum absolute atomic E-state index is 10.9. The zero-order valence-electron chi connectivity index (χ0n) is 11.5. The van der Waals surface area contributed by atoms with Gasteiger partial charge >= 0.3 is 0 Å². The van der Waals surface area contributed by atoms with Crippen molar-refractivity contribution in [2.45, 2.75) is 10.6 Å². The number of hydrogen-bond donors (Lipinski definition) is 1. The van der Waals surface area contributed by atoms with Crippen LogP contribution in [0.25, 0.3) is 0 Å². The summed E-state index contributed by atoms with van der Waals surface area (Å²) in [5.74, 6) is 0.323. The molecule has 0 radical (unpaired) electrons. The Labute approximate surface area is 140 Å².